The Balaban J connectivity index is 1.89. The molecule has 0 aromatic carbocycles. The van der Waals surface area contributed by atoms with Crippen LogP contribution in [-0.4, -0.2) is 19.1 Å². The fraction of sp³-hybridized carbons (Fsp3) is 0.400. The molecule has 106 valence electrons. The summed E-state index contributed by atoms with van der Waals surface area (Å²) in [6.07, 6.45) is 5.54. The zero-order chi connectivity index (χ0) is 14.1. The zero-order valence-electron chi connectivity index (χ0n) is 11.7. The van der Waals surface area contributed by atoms with Crippen LogP contribution in [0.3, 0.4) is 0 Å². The van der Waals surface area contributed by atoms with Crippen LogP contribution in [0.2, 0.25) is 0 Å². The van der Waals surface area contributed by atoms with Gasteiger partial charge in [0.25, 0.3) is 0 Å². The number of aromatic nitrogens is 1. The van der Waals surface area contributed by atoms with E-state index in [1.165, 1.54) is 27.7 Å². The number of fused-ring (bicyclic) bond motifs is 1. The Labute approximate surface area is 137 Å². The largest absolute Gasteiger partial charge is 0.375 e. The number of aryl methyl sites for hydroxylation is 1. The van der Waals surface area contributed by atoms with Crippen molar-refractivity contribution in [1.82, 2.24) is 4.98 Å². The molecule has 0 saturated carbocycles. The Bertz CT molecular complexity index is 609. The first-order chi connectivity index (χ1) is 9.65. The van der Waals surface area contributed by atoms with E-state index in [-0.39, 0.29) is 0 Å². The number of halogens is 1. The molecule has 1 aliphatic rings. The number of nitrogens with zero attached hydrogens (tertiary/aromatic N) is 2. The van der Waals surface area contributed by atoms with Gasteiger partial charge in [-0.15, -0.1) is 11.3 Å². The van der Waals surface area contributed by atoms with E-state index < -0.39 is 0 Å². The number of anilines is 2. The van der Waals surface area contributed by atoms with Gasteiger partial charge in [0, 0.05) is 25.2 Å². The molecule has 2 aromatic rings. The van der Waals surface area contributed by atoms with Gasteiger partial charge in [-0.25, -0.2) is 4.98 Å². The average Bonchev–Trinajstić information content (AvgIpc) is 2.80. The summed E-state index contributed by atoms with van der Waals surface area (Å²) in [7, 11) is 4.07. The summed E-state index contributed by atoms with van der Waals surface area (Å²) < 4.78 is 1.39. The minimum absolute atomic E-state index is 0.418. The van der Waals surface area contributed by atoms with Crippen LogP contribution in [0, 0.1) is 2.88 Å². The molecular formula is C15H18IN3S. The molecule has 1 atom stereocenters. The summed E-state index contributed by atoms with van der Waals surface area (Å²) in [5.74, 6) is 1.00. The molecule has 0 bridgehead atoms. The second-order valence-electron chi connectivity index (χ2n) is 5.29. The lowest BCUT2D eigenvalue weighted by Crippen LogP contribution is -2.19. The van der Waals surface area contributed by atoms with Gasteiger partial charge in [-0.3, -0.25) is 0 Å². The minimum Gasteiger partial charge on any atom is -0.375 e. The number of hydrogen-bond acceptors (Lipinski definition) is 4. The van der Waals surface area contributed by atoms with Crippen molar-refractivity contribution in [3.63, 3.8) is 0 Å². The van der Waals surface area contributed by atoms with E-state index in [9.17, 15) is 0 Å². The Hall–Kier alpha value is -0.820. The first-order valence-electron chi connectivity index (χ1n) is 6.82. The van der Waals surface area contributed by atoms with Gasteiger partial charge in [0.1, 0.15) is 0 Å². The molecule has 5 heteroatoms. The molecular weight excluding hydrogens is 381 g/mol. The number of rotatable bonds is 3. The molecule has 1 unspecified atom stereocenters. The fourth-order valence-electron chi connectivity index (χ4n) is 2.73. The van der Waals surface area contributed by atoms with Crippen molar-refractivity contribution in [3.8, 4) is 0 Å². The van der Waals surface area contributed by atoms with Gasteiger partial charge < -0.3 is 10.2 Å². The molecule has 2 heterocycles. The molecule has 0 amide bonds. The minimum atomic E-state index is 0.418. The van der Waals surface area contributed by atoms with E-state index in [2.05, 4.69) is 49.9 Å². The lowest BCUT2D eigenvalue weighted by molar-refractivity contribution is 0.608. The van der Waals surface area contributed by atoms with Crippen LogP contribution in [0.5, 0.6) is 0 Å². The summed E-state index contributed by atoms with van der Waals surface area (Å²) in [6.45, 7) is 0. The highest BCUT2D eigenvalue weighted by Crippen LogP contribution is 2.39. The highest BCUT2D eigenvalue weighted by Gasteiger charge is 2.23. The van der Waals surface area contributed by atoms with Crippen molar-refractivity contribution >= 4 is 45.4 Å². The molecule has 0 radical (unpaired) electrons. The quantitative estimate of drug-likeness (QED) is 0.780. The van der Waals surface area contributed by atoms with E-state index in [4.69, 9.17) is 0 Å². The van der Waals surface area contributed by atoms with E-state index >= 15 is 0 Å². The topological polar surface area (TPSA) is 28.2 Å². The summed E-state index contributed by atoms with van der Waals surface area (Å²) >= 11 is 4.36. The SMILES string of the molecule is CN(C)c1ncccc1NC1CCCc2sc(I)cc21. The number of nitrogens with one attached hydrogen (secondary N) is 1. The number of hydrogen-bond donors (Lipinski definition) is 1. The van der Waals surface area contributed by atoms with Gasteiger partial charge in [-0.05, 0) is 65.6 Å². The number of thiophene rings is 1. The molecule has 20 heavy (non-hydrogen) atoms. The van der Waals surface area contributed by atoms with Crippen molar-refractivity contribution in [2.75, 3.05) is 24.3 Å². The maximum Gasteiger partial charge on any atom is 0.151 e. The summed E-state index contributed by atoms with van der Waals surface area (Å²) in [6, 6.07) is 6.87. The van der Waals surface area contributed by atoms with Gasteiger partial charge in [-0.1, -0.05) is 0 Å². The molecule has 0 spiro atoms. The summed E-state index contributed by atoms with van der Waals surface area (Å²) in [5, 5.41) is 3.70. The average molecular weight is 399 g/mol. The Morgan fingerprint density at radius 3 is 3.10 bits per heavy atom. The Morgan fingerprint density at radius 2 is 2.30 bits per heavy atom. The standard InChI is InChI=1S/C15H18IN3S/c1-19(2)15-12(6-4-8-17-15)18-11-5-3-7-13-10(11)9-14(16)20-13/h4,6,8-9,11,18H,3,5,7H2,1-2H3. The van der Waals surface area contributed by atoms with Gasteiger partial charge in [0.2, 0.25) is 0 Å². The number of pyridine rings is 1. The van der Waals surface area contributed by atoms with Gasteiger partial charge in [0.15, 0.2) is 5.82 Å². The fourth-order valence-corrected chi connectivity index (χ4v) is 4.84. The molecule has 0 fully saturated rings. The zero-order valence-corrected chi connectivity index (χ0v) is 14.7. The first-order valence-corrected chi connectivity index (χ1v) is 8.71. The van der Waals surface area contributed by atoms with Crippen LogP contribution < -0.4 is 10.2 Å². The third-order valence-electron chi connectivity index (χ3n) is 3.62. The third kappa shape index (κ3) is 2.79. The van der Waals surface area contributed by atoms with E-state index in [0.29, 0.717) is 6.04 Å². The van der Waals surface area contributed by atoms with Crippen molar-refractivity contribution in [3.05, 3.63) is 37.7 Å². The third-order valence-corrected chi connectivity index (χ3v) is 5.59. The summed E-state index contributed by atoms with van der Waals surface area (Å²) in [4.78, 5) is 8.08. The summed E-state index contributed by atoms with van der Waals surface area (Å²) in [5.41, 5.74) is 2.61. The second-order valence-corrected chi connectivity index (χ2v) is 8.32. The molecule has 0 saturated heterocycles. The maximum atomic E-state index is 4.47. The van der Waals surface area contributed by atoms with Gasteiger partial charge >= 0.3 is 0 Å². The van der Waals surface area contributed by atoms with Crippen molar-refractivity contribution in [2.24, 2.45) is 0 Å². The van der Waals surface area contributed by atoms with E-state index in [1.807, 2.05) is 37.7 Å². The first kappa shape index (κ1) is 14.1. The molecule has 1 N–H and O–H groups in total. The van der Waals surface area contributed by atoms with Crippen LogP contribution in [-0.2, 0) is 6.42 Å². The van der Waals surface area contributed by atoms with Crippen LogP contribution in [0.4, 0.5) is 11.5 Å². The van der Waals surface area contributed by atoms with Crippen LogP contribution in [0.15, 0.2) is 24.4 Å². The Kier molecular flexibility index (Phi) is 4.16. The van der Waals surface area contributed by atoms with Gasteiger partial charge in [-0.2, -0.15) is 0 Å². The molecule has 3 nitrogen and oxygen atoms in total. The highest BCUT2D eigenvalue weighted by atomic mass is 127. The molecule has 1 aliphatic carbocycles. The highest BCUT2D eigenvalue weighted by molar-refractivity contribution is 14.1. The van der Waals surface area contributed by atoms with E-state index in [1.54, 1.807) is 4.88 Å². The van der Waals surface area contributed by atoms with Crippen molar-refractivity contribution < 1.29 is 0 Å². The maximum absolute atomic E-state index is 4.47. The van der Waals surface area contributed by atoms with Crippen molar-refractivity contribution in [2.45, 2.75) is 25.3 Å². The van der Waals surface area contributed by atoms with Crippen LogP contribution in [0.25, 0.3) is 0 Å². The second kappa shape index (κ2) is 5.89. The normalized spacial score (nSPS) is 17.6. The molecule has 0 aliphatic heterocycles. The molecule has 2 aromatic heterocycles. The Morgan fingerprint density at radius 1 is 1.45 bits per heavy atom. The predicted octanol–water partition coefficient (Wildman–Crippen LogP) is 4.30. The van der Waals surface area contributed by atoms with Gasteiger partial charge in [0.05, 0.1) is 14.6 Å². The lowest BCUT2D eigenvalue weighted by Gasteiger charge is -2.26. The van der Waals surface area contributed by atoms with E-state index in [0.717, 1.165) is 11.5 Å². The molecule has 3 rings (SSSR count). The van der Waals surface area contributed by atoms with Crippen molar-refractivity contribution in [1.29, 1.82) is 0 Å². The predicted molar refractivity (Wildman–Crippen MR) is 94.9 cm³/mol. The van der Waals surface area contributed by atoms with Crippen LogP contribution >= 0.6 is 33.9 Å². The van der Waals surface area contributed by atoms with Crippen LogP contribution in [0.1, 0.15) is 29.3 Å². The smallest absolute Gasteiger partial charge is 0.151 e. The lowest BCUT2D eigenvalue weighted by atomic mass is 9.94. The monoisotopic (exact) mass is 399 g/mol.